The molecule has 0 aliphatic heterocycles. The minimum absolute atomic E-state index is 0.0136. The third-order valence-corrected chi connectivity index (χ3v) is 18.9. The Kier molecular flexibility index (Phi) is 23.3. The summed E-state index contributed by atoms with van der Waals surface area (Å²) in [6, 6.07) is 0. The standard InChI is InChI=1S/C52H101NO3S/c1-8-10-12-14-17-25-42-55-50(30-19-15-13-11-9-2)56-57(6,7)43-26-18-16-22-38-53(39-23-24-41-54)40-27-28-44(3)47-33-34-48-46-32-31-45-29-20-21-36-51(45,4)49(46)35-37-52(47,48)5/h44-50,54H,8-43H2,1-7H3/t44-,45?,46?,47?,48?,49?,50?,51?,52?/m1/s1. The Labute approximate surface area is 358 Å². The van der Waals surface area contributed by atoms with E-state index in [1.165, 1.54) is 179 Å². The lowest BCUT2D eigenvalue weighted by Crippen LogP contribution is -2.53. The Balaban J connectivity index is 1.15. The van der Waals surface area contributed by atoms with E-state index in [2.05, 4.69) is 52.0 Å². The Hall–Kier alpha value is 0.190. The summed E-state index contributed by atoms with van der Waals surface area (Å²) < 4.78 is 13.2. The van der Waals surface area contributed by atoms with Crippen LogP contribution in [0.2, 0.25) is 0 Å². The third kappa shape index (κ3) is 15.8. The predicted octanol–water partition coefficient (Wildman–Crippen LogP) is 15.1. The van der Waals surface area contributed by atoms with E-state index in [9.17, 15) is 5.11 Å². The topological polar surface area (TPSA) is 41.9 Å². The van der Waals surface area contributed by atoms with Crippen LogP contribution in [0.15, 0.2) is 0 Å². The number of fused-ring (bicyclic) bond motifs is 5. The van der Waals surface area contributed by atoms with Gasteiger partial charge in [-0.1, -0.05) is 118 Å². The zero-order valence-corrected chi connectivity index (χ0v) is 40.4. The molecule has 0 aromatic rings. The van der Waals surface area contributed by atoms with Crippen molar-refractivity contribution in [1.29, 1.82) is 0 Å². The molecule has 4 aliphatic carbocycles. The number of hydrogen-bond donors (Lipinski definition) is 1. The normalized spacial score (nSPS) is 30.2. The molecule has 0 spiro atoms. The lowest BCUT2D eigenvalue weighted by Gasteiger charge is -2.61. The quantitative estimate of drug-likeness (QED) is 0.0542. The van der Waals surface area contributed by atoms with Crippen LogP contribution in [-0.4, -0.2) is 67.4 Å². The second-order valence-corrected chi connectivity index (χ2v) is 24.9. The van der Waals surface area contributed by atoms with Gasteiger partial charge in [0, 0.05) is 13.2 Å². The highest BCUT2D eigenvalue weighted by Gasteiger charge is 2.60. The number of aliphatic hydroxyl groups excluding tert-OH is 1. The Morgan fingerprint density at radius 3 is 2.04 bits per heavy atom. The van der Waals surface area contributed by atoms with Crippen LogP contribution in [0.5, 0.6) is 0 Å². The van der Waals surface area contributed by atoms with E-state index in [1.807, 2.05) is 0 Å². The largest absolute Gasteiger partial charge is 0.396 e. The van der Waals surface area contributed by atoms with Gasteiger partial charge < -0.3 is 18.9 Å². The number of unbranched alkanes of at least 4 members (excludes halogenated alkanes) is 13. The van der Waals surface area contributed by atoms with Gasteiger partial charge in [0.05, 0.1) is 0 Å². The number of rotatable bonds is 32. The van der Waals surface area contributed by atoms with Gasteiger partial charge in [0.2, 0.25) is 0 Å². The molecule has 0 saturated heterocycles. The summed E-state index contributed by atoms with van der Waals surface area (Å²) in [6.45, 7) is 17.6. The molecule has 57 heavy (non-hydrogen) atoms. The molecule has 9 atom stereocenters. The summed E-state index contributed by atoms with van der Waals surface area (Å²) >= 11 is 0. The van der Waals surface area contributed by atoms with Gasteiger partial charge in [0.25, 0.3) is 0 Å². The van der Waals surface area contributed by atoms with Crippen LogP contribution in [0.4, 0.5) is 0 Å². The van der Waals surface area contributed by atoms with Crippen LogP contribution in [0.1, 0.15) is 227 Å². The molecule has 0 aromatic carbocycles. The van der Waals surface area contributed by atoms with Crippen molar-refractivity contribution in [2.24, 2.45) is 46.3 Å². The summed E-state index contributed by atoms with van der Waals surface area (Å²) in [5.41, 5.74) is 1.26. The van der Waals surface area contributed by atoms with Gasteiger partial charge in [0.1, 0.15) is 0 Å². The van der Waals surface area contributed by atoms with Gasteiger partial charge in [-0.15, -0.1) is 10.3 Å². The molecule has 0 aromatic heterocycles. The highest BCUT2D eigenvalue weighted by molar-refractivity contribution is 8.28. The van der Waals surface area contributed by atoms with Crippen LogP contribution in [0, 0.1) is 46.3 Å². The monoisotopic (exact) mass is 820 g/mol. The Morgan fingerprint density at radius 1 is 0.632 bits per heavy atom. The average Bonchev–Trinajstić information content (AvgIpc) is 3.55. The first kappa shape index (κ1) is 49.8. The summed E-state index contributed by atoms with van der Waals surface area (Å²) in [7, 11) is -1.11. The van der Waals surface area contributed by atoms with Crippen LogP contribution in [0.25, 0.3) is 0 Å². The van der Waals surface area contributed by atoms with E-state index in [0.717, 1.165) is 67.9 Å². The molecule has 4 saturated carbocycles. The predicted molar refractivity (Wildman–Crippen MR) is 251 cm³/mol. The summed E-state index contributed by atoms with van der Waals surface area (Å²) in [6.07, 6.45) is 45.4. The smallest absolute Gasteiger partial charge is 0.168 e. The van der Waals surface area contributed by atoms with Gasteiger partial charge in [-0.25, -0.2) is 0 Å². The molecular weight excluding hydrogens is 719 g/mol. The van der Waals surface area contributed by atoms with E-state index in [0.29, 0.717) is 17.4 Å². The minimum atomic E-state index is -1.11. The van der Waals surface area contributed by atoms with Crippen molar-refractivity contribution < 1.29 is 14.0 Å². The number of aliphatic hydroxyl groups is 1. The van der Waals surface area contributed by atoms with Crippen molar-refractivity contribution >= 4 is 10.3 Å². The molecule has 5 heteroatoms. The summed E-state index contributed by atoms with van der Waals surface area (Å²) in [5.74, 6) is 7.07. The molecule has 4 rings (SSSR count). The first-order valence-electron chi connectivity index (χ1n) is 25.9. The molecule has 0 radical (unpaired) electrons. The lowest BCUT2D eigenvalue weighted by molar-refractivity contribution is -0.114. The van der Waals surface area contributed by atoms with E-state index in [-0.39, 0.29) is 6.29 Å². The molecule has 0 bridgehead atoms. The third-order valence-electron chi connectivity index (χ3n) is 16.9. The fourth-order valence-electron chi connectivity index (χ4n) is 13.5. The van der Waals surface area contributed by atoms with Crippen molar-refractivity contribution in [2.45, 2.75) is 234 Å². The maximum absolute atomic E-state index is 9.53. The number of ether oxygens (including phenoxy) is 1. The van der Waals surface area contributed by atoms with E-state index >= 15 is 0 Å². The zero-order chi connectivity index (χ0) is 41.0. The van der Waals surface area contributed by atoms with Gasteiger partial charge in [-0.05, 0) is 193 Å². The number of nitrogens with zero attached hydrogens (tertiary/aromatic N) is 1. The van der Waals surface area contributed by atoms with Crippen molar-refractivity contribution in [3.8, 4) is 0 Å². The molecular formula is C52H101NO3S. The van der Waals surface area contributed by atoms with Crippen molar-refractivity contribution in [2.75, 3.05) is 51.1 Å². The molecule has 8 unspecified atom stereocenters. The van der Waals surface area contributed by atoms with Crippen LogP contribution >= 0.6 is 10.3 Å². The molecule has 338 valence electrons. The van der Waals surface area contributed by atoms with E-state index in [4.69, 9.17) is 8.92 Å². The van der Waals surface area contributed by atoms with E-state index < -0.39 is 10.3 Å². The summed E-state index contributed by atoms with van der Waals surface area (Å²) in [4.78, 5) is 2.76. The van der Waals surface area contributed by atoms with Crippen molar-refractivity contribution in [3.05, 3.63) is 0 Å². The first-order chi connectivity index (χ1) is 27.6. The fourth-order valence-corrected chi connectivity index (χ4v) is 15.3. The number of hydrogen-bond acceptors (Lipinski definition) is 4. The lowest BCUT2D eigenvalue weighted by atomic mass is 9.44. The SMILES string of the molecule is CCCCCCCCOC(CCCCCCC)OS(C)(C)CCCCCCN(CCCCO)CCC[C@@H](C)C1CCC2C3CCC4CCCCC4(C)C3CCC21C. The molecule has 0 heterocycles. The fraction of sp³-hybridized carbons (Fsp3) is 1.00. The molecule has 4 fully saturated rings. The van der Waals surface area contributed by atoms with Crippen LogP contribution in [-0.2, 0) is 8.92 Å². The minimum Gasteiger partial charge on any atom is -0.396 e. The first-order valence-corrected chi connectivity index (χ1v) is 28.5. The maximum atomic E-state index is 9.53. The highest BCUT2D eigenvalue weighted by atomic mass is 32.3. The van der Waals surface area contributed by atoms with Crippen LogP contribution < -0.4 is 0 Å². The Morgan fingerprint density at radius 2 is 1.28 bits per heavy atom. The average molecular weight is 820 g/mol. The van der Waals surface area contributed by atoms with Gasteiger partial charge in [0.15, 0.2) is 6.29 Å². The second kappa shape index (κ2) is 26.6. The summed E-state index contributed by atoms with van der Waals surface area (Å²) in [5, 5.41) is 9.53. The Bertz CT molecular complexity index is 1040. The van der Waals surface area contributed by atoms with E-state index in [1.54, 1.807) is 12.8 Å². The highest BCUT2D eigenvalue weighted by Crippen LogP contribution is 2.68. The maximum Gasteiger partial charge on any atom is 0.168 e. The van der Waals surface area contributed by atoms with Crippen LogP contribution in [0.3, 0.4) is 0 Å². The molecule has 4 nitrogen and oxygen atoms in total. The zero-order valence-electron chi connectivity index (χ0n) is 39.6. The second-order valence-electron chi connectivity index (χ2n) is 21.4. The van der Waals surface area contributed by atoms with Crippen molar-refractivity contribution in [1.82, 2.24) is 4.90 Å². The van der Waals surface area contributed by atoms with Gasteiger partial charge in [-0.3, -0.25) is 0 Å². The van der Waals surface area contributed by atoms with Gasteiger partial charge in [-0.2, -0.15) is 0 Å². The van der Waals surface area contributed by atoms with Gasteiger partial charge >= 0.3 is 0 Å². The molecule has 4 aliphatic rings. The van der Waals surface area contributed by atoms with Crippen molar-refractivity contribution in [3.63, 3.8) is 0 Å². The molecule has 1 N–H and O–H groups in total. The molecule has 0 amide bonds.